The number of carbonyl (C=O) groups is 3. The van der Waals surface area contributed by atoms with Crippen molar-refractivity contribution in [1.82, 2.24) is 21.3 Å². The third kappa shape index (κ3) is 32.5. The maximum atomic E-state index is 12.3. The molecule has 0 unspecified atom stereocenters. The minimum Gasteiger partial charge on any atom is -0.491 e. The fourth-order valence-electron chi connectivity index (χ4n) is 6.36. The van der Waals surface area contributed by atoms with Crippen LogP contribution in [0.1, 0.15) is 71.1 Å². The van der Waals surface area contributed by atoms with E-state index in [4.69, 9.17) is 57.2 Å². The molecule has 0 heterocycles. The van der Waals surface area contributed by atoms with Crippen LogP contribution in [0.3, 0.4) is 0 Å². The summed E-state index contributed by atoms with van der Waals surface area (Å²) in [5.41, 5.74) is 1.00. The fraction of sp³-hybridized carbons (Fsp3) is 0.585. The largest absolute Gasteiger partial charge is 0.491 e. The van der Waals surface area contributed by atoms with Crippen molar-refractivity contribution >= 4 is 91.9 Å². The molecule has 76 heavy (non-hydrogen) atoms. The lowest BCUT2D eigenvalue weighted by molar-refractivity contribution is -0.136. The lowest BCUT2D eigenvalue weighted by atomic mass is 10.1. The second-order valence-corrected chi connectivity index (χ2v) is 22.2. The standard InChI is InChI=1S/C53H78I3N5O15/c1-38-32-40(34-46(62)63)33-43(54)47(38)74-42-35-44(55)48(45(56)36-42)73-18-9-16-57-14-8-15-58-17-19-66-20-21-67-22-23-68-24-25-69-26-27-70-28-29-71-30-31-72-41-12-10-39(11-13-41)37-59-49(60-50(64)75-52(2,3)4)61-51(65)76-53(5,6)7/h10-13,32-33,35-36,57-58H,8-9,14-31,34,37H2,1-7H3,(H,62,63)(H2,59,60,61,64,65). The first kappa shape index (κ1) is 66.9. The molecule has 2 amide bonds. The maximum absolute atomic E-state index is 12.3. The van der Waals surface area contributed by atoms with E-state index in [1.807, 2.05) is 55.5 Å². The number of guanidine groups is 1. The average molecular weight is 1410 g/mol. The van der Waals surface area contributed by atoms with E-state index in [2.05, 4.69) is 94.0 Å². The van der Waals surface area contributed by atoms with Crippen molar-refractivity contribution in [2.24, 2.45) is 4.99 Å². The fourth-order valence-corrected chi connectivity index (χ4v) is 9.32. The summed E-state index contributed by atoms with van der Waals surface area (Å²) < 4.78 is 65.0. The zero-order chi connectivity index (χ0) is 55.6. The monoisotopic (exact) mass is 1410 g/mol. The predicted molar refractivity (Wildman–Crippen MR) is 314 cm³/mol. The Labute approximate surface area is 489 Å². The SMILES string of the molecule is Cc1cc(CC(=O)O)cc(I)c1Oc1cc(I)c(OCCCNCCCNCCOCCOCCOCCOCCOCCOCCOc2ccc(CN/C(=N/C(=O)OC(C)(C)C)NC(=O)OC(C)(C)C)cc2)c(I)c1. The van der Waals surface area contributed by atoms with Crippen LogP contribution in [0, 0.1) is 17.6 Å². The van der Waals surface area contributed by atoms with Gasteiger partial charge in [-0.15, -0.1) is 4.99 Å². The lowest BCUT2D eigenvalue weighted by Gasteiger charge is -2.21. The third-order valence-electron chi connectivity index (χ3n) is 9.67. The van der Waals surface area contributed by atoms with Crippen LogP contribution in [0.4, 0.5) is 9.59 Å². The third-order valence-corrected chi connectivity index (χ3v) is 12.1. The van der Waals surface area contributed by atoms with Crippen LogP contribution in [0.15, 0.2) is 53.5 Å². The summed E-state index contributed by atoms with van der Waals surface area (Å²) in [5.74, 6) is 1.99. The number of rotatable bonds is 37. The number of carboxylic acid groups (broad SMARTS) is 1. The number of hydrogen-bond acceptors (Lipinski definition) is 16. The highest BCUT2D eigenvalue weighted by atomic mass is 127. The normalized spacial score (nSPS) is 11.8. The van der Waals surface area contributed by atoms with Gasteiger partial charge in [0.05, 0.1) is 103 Å². The van der Waals surface area contributed by atoms with Crippen LogP contribution in [-0.2, 0) is 55.7 Å². The van der Waals surface area contributed by atoms with Gasteiger partial charge in [0.25, 0.3) is 0 Å². The topological polar surface area (TPSA) is 233 Å². The van der Waals surface area contributed by atoms with Crippen LogP contribution >= 0.6 is 67.8 Å². The molecule has 0 bridgehead atoms. The molecule has 0 atom stereocenters. The number of aryl methyl sites for hydroxylation is 1. The van der Waals surface area contributed by atoms with Crippen molar-refractivity contribution in [2.75, 3.05) is 119 Å². The van der Waals surface area contributed by atoms with Crippen LogP contribution in [0.5, 0.6) is 23.0 Å². The molecule has 3 aromatic rings. The minimum atomic E-state index is -0.858. The molecule has 0 saturated heterocycles. The van der Waals surface area contributed by atoms with Gasteiger partial charge in [-0.3, -0.25) is 10.1 Å². The second-order valence-electron chi connectivity index (χ2n) is 18.8. The van der Waals surface area contributed by atoms with Gasteiger partial charge in [0.15, 0.2) is 0 Å². The summed E-state index contributed by atoms with van der Waals surface area (Å²) in [4.78, 5) is 39.6. The van der Waals surface area contributed by atoms with Crippen molar-refractivity contribution in [3.63, 3.8) is 0 Å². The molecular weight excluding hydrogens is 1330 g/mol. The molecule has 0 saturated carbocycles. The van der Waals surface area contributed by atoms with E-state index in [0.29, 0.717) is 104 Å². The van der Waals surface area contributed by atoms with Crippen molar-refractivity contribution in [3.8, 4) is 23.0 Å². The van der Waals surface area contributed by atoms with Gasteiger partial charge in [-0.2, -0.15) is 0 Å². The molecule has 0 aliphatic rings. The number of carboxylic acids is 1. The number of carbonyl (C=O) groups excluding carboxylic acids is 2. The molecule has 0 aliphatic carbocycles. The van der Waals surface area contributed by atoms with Crippen LogP contribution in [0.2, 0.25) is 0 Å². The Morgan fingerprint density at radius 3 is 1.58 bits per heavy atom. The van der Waals surface area contributed by atoms with E-state index < -0.39 is 29.4 Å². The average Bonchev–Trinajstić information content (AvgIpc) is 3.32. The number of alkyl carbamates (subject to hydrolysis) is 1. The van der Waals surface area contributed by atoms with Gasteiger partial charge in [-0.1, -0.05) is 18.2 Å². The number of aliphatic carboxylic acids is 1. The number of ether oxygens (including phenoxy) is 11. The molecule has 0 aliphatic heterocycles. The van der Waals surface area contributed by atoms with E-state index in [9.17, 15) is 14.4 Å². The van der Waals surface area contributed by atoms with E-state index in [-0.39, 0.29) is 18.9 Å². The van der Waals surface area contributed by atoms with Gasteiger partial charge in [-0.25, -0.2) is 9.59 Å². The van der Waals surface area contributed by atoms with Crippen LogP contribution in [0.25, 0.3) is 0 Å². The first-order valence-corrected chi connectivity index (χ1v) is 28.5. The van der Waals surface area contributed by atoms with Gasteiger partial charge >= 0.3 is 18.2 Å². The van der Waals surface area contributed by atoms with Gasteiger partial charge in [0, 0.05) is 13.1 Å². The molecule has 20 nitrogen and oxygen atoms in total. The molecule has 0 spiro atoms. The van der Waals surface area contributed by atoms with E-state index >= 15 is 0 Å². The lowest BCUT2D eigenvalue weighted by Crippen LogP contribution is -2.44. The van der Waals surface area contributed by atoms with Crippen molar-refractivity contribution in [2.45, 2.75) is 85.5 Å². The van der Waals surface area contributed by atoms with Crippen LogP contribution in [-0.4, -0.2) is 159 Å². The molecule has 426 valence electrons. The number of aliphatic imine (C=N–C) groups is 1. The smallest absolute Gasteiger partial charge is 0.437 e. The number of benzene rings is 3. The number of hydrogen-bond donors (Lipinski definition) is 5. The Morgan fingerprint density at radius 1 is 0.553 bits per heavy atom. The highest BCUT2D eigenvalue weighted by Gasteiger charge is 2.21. The second kappa shape index (κ2) is 38.3. The van der Waals surface area contributed by atoms with Crippen molar-refractivity contribution in [3.05, 3.63) is 75.9 Å². The molecule has 3 aromatic carbocycles. The molecule has 0 fully saturated rings. The van der Waals surface area contributed by atoms with Gasteiger partial charge < -0.3 is 73.2 Å². The molecule has 0 radical (unpaired) electrons. The Kier molecular flexibility index (Phi) is 33.7. The first-order chi connectivity index (χ1) is 36.3. The van der Waals surface area contributed by atoms with Crippen LogP contribution < -0.4 is 35.5 Å². The van der Waals surface area contributed by atoms with Crippen molar-refractivity contribution < 1.29 is 71.6 Å². The van der Waals surface area contributed by atoms with Gasteiger partial charge in [0.2, 0.25) is 5.96 Å². The summed E-state index contributed by atoms with van der Waals surface area (Å²) in [6.45, 7) is 22.7. The van der Waals surface area contributed by atoms with Gasteiger partial charge in [0.1, 0.15) is 40.8 Å². The predicted octanol–water partition coefficient (Wildman–Crippen LogP) is 8.65. The minimum absolute atomic E-state index is 0.0208. The summed E-state index contributed by atoms with van der Waals surface area (Å²) in [7, 11) is 0. The molecule has 5 N–H and O–H groups in total. The van der Waals surface area contributed by atoms with E-state index in [1.165, 1.54) is 0 Å². The Balaban J connectivity index is 1.05. The number of nitrogens with zero attached hydrogens (tertiary/aromatic N) is 1. The molecular formula is C53H78I3N5O15. The maximum Gasteiger partial charge on any atom is 0.437 e. The zero-order valence-corrected chi connectivity index (χ0v) is 51.4. The van der Waals surface area contributed by atoms with Gasteiger partial charge in [-0.05, 0) is 196 Å². The van der Waals surface area contributed by atoms with Crippen molar-refractivity contribution in [1.29, 1.82) is 0 Å². The summed E-state index contributed by atoms with van der Waals surface area (Å²) in [6.07, 6.45) is 0.262. The van der Waals surface area contributed by atoms with E-state index in [0.717, 1.165) is 77.9 Å². The molecule has 23 heteroatoms. The number of amides is 2. The zero-order valence-electron chi connectivity index (χ0n) is 44.9. The Hall–Kier alpha value is -3.39. The summed E-state index contributed by atoms with van der Waals surface area (Å²) >= 11 is 6.73. The molecule has 0 aromatic heterocycles. The number of nitrogens with one attached hydrogen (secondary N) is 4. The first-order valence-electron chi connectivity index (χ1n) is 25.2. The quantitative estimate of drug-likeness (QED) is 0.0157. The summed E-state index contributed by atoms with van der Waals surface area (Å²) in [5, 5.41) is 21.4. The Bertz CT molecular complexity index is 2150. The van der Waals surface area contributed by atoms with E-state index in [1.54, 1.807) is 41.5 Å². The Morgan fingerprint density at radius 2 is 1.05 bits per heavy atom. The number of halogens is 3. The summed E-state index contributed by atoms with van der Waals surface area (Å²) in [6, 6.07) is 14.9. The highest BCUT2D eigenvalue weighted by molar-refractivity contribution is 14.1. The molecule has 3 rings (SSSR count). The highest BCUT2D eigenvalue weighted by Crippen LogP contribution is 2.37.